The molecule has 0 saturated carbocycles. The third-order valence-corrected chi connectivity index (χ3v) is 7.62. The van der Waals surface area contributed by atoms with E-state index in [1.807, 2.05) is 25.1 Å². The predicted octanol–water partition coefficient (Wildman–Crippen LogP) is 2.42. The number of benzene rings is 1. The Morgan fingerprint density at radius 1 is 1.17 bits per heavy atom. The van der Waals surface area contributed by atoms with Crippen LogP contribution in [0.3, 0.4) is 0 Å². The van der Waals surface area contributed by atoms with Crippen molar-refractivity contribution in [3.05, 3.63) is 54.0 Å². The van der Waals surface area contributed by atoms with E-state index < -0.39 is 6.10 Å². The largest absolute Gasteiger partial charge is 0.397 e. The van der Waals surface area contributed by atoms with Crippen molar-refractivity contribution in [2.45, 2.75) is 37.8 Å². The van der Waals surface area contributed by atoms with Gasteiger partial charge in [-0.2, -0.15) is 0 Å². The van der Waals surface area contributed by atoms with Crippen LogP contribution in [-0.2, 0) is 0 Å². The summed E-state index contributed by atoms with van der Waals surface area (Å²) < 4.78 is 0. The summed E-state index contributed by atoms with van der Waals surface area (Å²) in [5.41, 5.74) is 16.3. The number of anilines is 3. The van der Waals surface area contributed by atoms with Crippen LogP contribution in [-0.4, -0.2) is 71.3 Å². The van der Waals surface area contributed by atoms with Gasteiger partial charge in [0, 0.05) is 36.6 Å². The zero-order valence-corrected chi connectivity index (χ0v) is 20.9. The van der Waals surface area contributed by atoms with Crippen LogP contribution < -0.4 is 21.7 Å². The van der Waals surface area contributed by atoms with Crippen molar-refractivity contribution in [1.29, 1.82) is 0 Å². The number of hydrogen-bond donors (Lipinski definition) is 4. The molecule has 5 rings (SSSR count). The summed E-state index contributed by atoms with van der Waals surface area (Å²) in [5.74, 6) is 0.113. The molecule has 1 amide bonds. The molecule has 2 saturated heterocycles. The molecule has 4 heterocycles. The van der Waals surface area contributed by atoms with E-state index in [1.54, 1.807) is 12.4 Å². The number of carbonyl (C=O) groups excluding carboxylic acids is 1. The summed E-state index contributed by atoms with van der Waals surface area (Å²) in [6, 6.07) is 9.58. The number of hydrogen-bond acceptors (Lipinski definition) is 8. The lowest BCUT2D eigenvalue weighted by Gasteiger charge is -2.40. The molecule has 2 aliphatic heterocycles. The molecule has 3 unspecified atom stereocenters. The molecule has 0 aliphatic carbocycles. The molecule has 2 fully saturated rings. The molecule has 6 N–H and O–H groups in total. The van der Waals surface area contributed by atoms with Gasteiger partial charge in [-0.05, 0) is 62.7 Å². The first kappa shape index (κ1) is 24.4. The predicted molar refractivity (Wildman–Crippen MR) is 143 cm³/mol. The third-order valence-electron chi connectivity index (χ3n) is 7.62. The zero-order valence-electron chi connectivity index (χ0n) is 20.9. The number of nitrogens with two attached hydrogens (primary N) is 2. The minimum Gasteiger partial charge on any atom is -0.397 e. The Balaban J connectivity index is 1.40. The molecule has 0 bridgehead atoms. The van der Waals surface area contributed by atoms with Crippen LogP contribution in [0.15, 0.2) is 42.7 Å². The van der Waals surface area contributed by atoms with Gasteiger partial charge in [-0.15, -0.1) is 0 Å². The molecule has 3 aromatic rings. The van der Waals surface area contributed by atoms with Gasteiger partial charge in [0.25, 0.3) is 5.91 Å². The minimum atomic E-state index is -0.554. The van der Waals surface area contributed by atoms with Gasteiger partial charge >= 0.3 is 0 Å². The van der Waals surface area contributed by atoms with Gasteiger partial charge in [0.15, 0.2) is 5.69 Å². The first-order valence-corrected chi connectivity index (χ1v) is 12.6. The quantitative estimate of drug-likeness (QED) is 0.439. The van der Waals surface area contributed by atoms with Crippen LogP contribution in [0.1, 0.15) is 41.7 Å². The van der Waals surface area contributed by atoms with E-state index in [0.29, 0.717) is 30.4 Å². The number of piperidine rings is 2. The Hall–Kier alpha value is -3.27. The second-order valence-corrected chi connectivity index (χ2v) is 10.3. The number of aromatic nitrogens is 2. The number of nitrogens with zero attached hydrogens (tertiary/aromatic N) is 4. The number of likely N-dealkylation sites (tertiary alicyclic amines) is 1. The summed E-state index contributed by atoms with van der Waals surface area (Å²) >= 11 is 0. The summed E-state index contributed by atoms with van der Waals surface area (Å²) in [4.78, 5) is 26.7. The van der Waals surface area contributed by atoms with Crippen LogP contribution in [0.2, 0.25) is 0 Å². The lowest BCUT2D eigenvalue weighted by molar-refractivity contribution is 0.0785. The second-order valence-electron chi connectivity index (χ2n) is 10.3. The molecule has 2 aliphatic rings. The van der Waals surface area contributed by atoms with Crippen molar-refractivity contribution in [1.82, 2.24) is 14.9 Å². The maximum absolute atomic E-state index is 13.3. The fourth-order valence-corrected chi connectivity index (χ4v) is 5.43. The number of fused-ring (bicyclic) bond motifs is 1. The van der Waals surface area contributed by atoms with E-state index in [1.165, 1.54) is 5.56 Å². The topological polar surface area (TPSA) is 134 Å². The number of aliphatic hydroxyl groups is 1. The van der Waals surface area contributed by atoms with Gasteiger partial charge in [-0.25, -0.2) is 4.98 Å². The molecule has 190 valence electrons. The van der Waals surface area contributed by atoms with E-state index in [4.69, 9.17) is 11.5 Å². The number of pyridine rings is 2. The summed E-state index contributed by atoms with van der Waals surface area (Å²) in [6.07, 6.45) is 4.97. The highest BCUT2D eigenvalue weighted by Crippen LogP contribution is 2.32. The molecular weight excluding hydrogens is 454 g/mol. The molecule has 9 heteroatoms. The lowest BCUT2D eigenvalue weighted by atomic mass is 9.89. The molecule has 3 atom stereocenters. The number of nitrogens with one attached hydrogen (secondary N) is 1. The second kappa shape index (κ2) is 10.0. The van der Waals surface area contributed by atoms with Crippen LogP contribution in [0.4, 0.5) is 17.1 Å². The fourth-order valence-electron chi connectivity index (χ4n) is 5.43. The highest BCUT2D eigenvalue weighted by atomic mass is 16.3. The van der Waals surface area contributed by atoms with Crippen molar-refractivity contribution in [3.8, 4) is 0 Å². The average Bonchev–Trinajstić information content (AvgIpc) is 2.87. The molecular formula is C27H35N7O2. The average molecular weight is 490 g/mol. The van der Waals surface area contributed by atoms with Crippen molar-refractivity contribution >= 4 is 33.9 Å². The molecule has 1 aromatic carbocycles. The SMILES string of the molecule is CC1CN(c2ccncc2NC(=O)c2nc3cc(C4CCN(C)CC4)ccc3cc2N)CC(N)C1O. The monoisotopic (exact) mass is 489 g/mol. The zero-order chi connectivity index (χ0) is 25.4. The maximum Gasteiger partial charge on any atom is 0.276 e. The number of amides is 1. The Bertz CT molecular complexity index is 1250. The number of carbonyl (C=O) groups is 1. The van der Waals surface area contributed by atoms with Crippen molar-refractivity contribution in [2.24, 2.45) is 11.7 Å². The standard InChI is InChI=1S/C27H35N7O2/c1-16-14-34(15-21(29)26(16)35)24-5-8-30-13-23(24)32-27(36)25-20(28)11-19-4-3-18(12-22(19)31-25)17-6-9-33(2)10-7-17/h3-5,8,11-13,16-17,21,26,35H,6-7,9-10,14-15,28-29H2,1-2H3,(H,32,36). The van der Waals surface area contributed by atoms with Crippen molar-refractivity contribution in [2.75, 3.05) is 49.2 Å². The molecule has 0 radical (unpaired) electrons. The van der Waals surface area contributed by atoms with Gasteiger partial charge in [0.05, 0.1) is 34.9 Å². The smallest absolute Gasteiger partial charge is 0.276 e. The van der Waals surface area contributed by atoms with Gasteiger partial charge in [-0.1, -0.05) is 19.1 Å². The third kappa shape index (κ3) is 4.86. The van der Waals surface area contributed by atoms with Crippen molar-refractivity contribution < 1.29 is 9.90 Å². The Labute approximate surface area is 211 Å². The van der Waals surface area contributed by atoms with E-state index in [9.17, 15) is 9.90 Å². The van der Waals surface area contributed by atoms with E-state index in [2.05, 4.69) is 44.3 Å². The fraction of sp³-hybridized carbons (Fsp3) is 0.444. The number of aliphatic hydroxyl groups excluding tert-OH is 1. The highest BCUT2D eigenvalue weighted by Gasteiger charge is 2.32. The van der Waals surface area contributed by atoms with E-state index >= 15 is 0 Å². The molecule has 36 heavy (non-hydrogen) atoms. The Morgan fingerprint density at radius 2 is 1.94 bits per heavy atom. The summed E-state index contributed by atoms with van der Waals surface area (Å²) in [7, 11) is 2.16. The van der Waals surface area contributed by atoms with Gasteiger partial charge in [-0.3, -0.25) is 9.78 Å². The molecule has 0 spiro atoms. The minimum absolute atomic E-state index is 0.00188. The van der Waals surface area contributed by atoms with Crippen molar-refractivity contribution in [3.63, 3.8) is 0 Å². The maximum atomic E-state index is 13.3. The number of rotatable bonds is 4. The molecule has 2 aromatic heterocycles. The van der Waals surface area contributed by atoms with Gasteiger partial charge < -0.3 is 31.7 Å². The first-order valence-electron chi connectivity index (χ1n) is 12.6. The summed E-state index contributed by atoms with van der Waals surface area (Å²) in [6.45, 7) is 5.24. The normalized spacial score (nSPS) is 23.7. The Morgan fingerprint density at radius 3 is 2.69 bits per heavy atom. The van der Waals surface area contributed by atoms with Crippen LogP contribution in [0, 0.1) is 5.92 Å². The number of nitrogen functional groups attached to an aromatic ring is 1. The van der Waals surface area contributed by atoms with Gasteiger partial charge in [0.1, 0.15) is 0 Å². The highest BCUT2D eigenvalue weighted by molar-refractivity contribution is 6.09. The Kier molecular flexibility index (Phi) is 6.79. The van der Waals surface area contributed by atoms with Crippen LogP contribution in [0.25, 0.3) is 10.9 Å². The van der Waals surface area contributed by atoms with Crippen LogP contribution >= 0.6 is 0 Å². The first-order chi connectivity index (χ1) is 17.3. The van der Waals surface area contributed by atoms with E-state index in [0.717, 1.165) is 42.5 Å². The van der Waals surface area contributed by atoms with Crippen LogP contribution in [0.5, 0.6) is 0 Å². The summed E-state index contributed by atoms with van der Waals surface area (Å²) in [5, 5.41) is 14.1. The molecule has 9 nitrogen and oxygen atoms in total. The van der Waals surface area contributed by atoms with Gasteiger partial charge in [0.2, 0.25) is 0 Å². The lowest BCUT2D eigenvalue weighted by Crippen LogP contribution is -2.55. The van der Waals surface area contributed by atoms with E-state index in [-0.39, 0.29) is 23.6 Å².